The van der Waals surface area contributed by atoms with Crippen molar-refractivity contribution >= 4 is 35.0 Å². The van der Waals surface area contributed by atoms with Gasteiger partial charge in [0.1, 0.15) is 17.9 Å². The van der Waals surface area contributed by atoms with Gasteiger partial charge in [-0.05, 0) is 24.1 Å². The van der Waals surface area contributed by atoms with Crippen molar-refractivity contribution in [3.63, 3.8) is 0 Å². The number of amides is 2. The molecule has 0 aromatic heterocycles. The molecule has 0 aliphatic heterocycles. The largest absolute Gasteiger partial charge is 0.493 e. The molecule has 0 heterocycles. The summed E-state index contributed by atoms with van der Waals surface area (Å²) in [6.07, 6.45) is 2.40. The maximum atomic E-state index is 11.6. The van der Waals surface area contributed by atoms with E-state index >= 15 is 0 Å². The van der Waals surface area contributed by atoms with Gasteiger partial charge in [-0.1, -0.05) is 25.8 Å². The van der Waals surface area contributed by atoms with Gasteiger partial charge in [-0.25, -0.2) is 0 Å². The highest BCUT2D eigenvalue weighted by Crippen LogP contribution is 2.30. The number of benzene rings is 1. The Kier molecular flexibility index (Phi) is 10.1. The lowest BCUT2D eigenvalue weighted by Crippen LogP contribution is -2.42. The van der Waals surface area contributed by atoms with E-state index in [1.54, 1.807) is 18.2 Å². The maximum absolute atomic E-state index is 11.6. The summed E-state index contributed by atoms with van der Waals surface area (Å²) in [6, 6.07) is 5.18. The highest BCUT2D eigenvalue weighted by molar-refractivity contribution is 6.27. The van der Waals surface area contributed by atoms with Crippen molar-refractivity contribution in [3.8, 4) is 11.5 Å². The lowest BCUT2D eigenvalue weighted by molar-refractivity contribution is -0.122. The summed E-state index contributed by atoms with van der Waals surface area (Å²) in [5.74, 6) is -0.153. The molecule has 0 saturated heterocycles. The summed E-state index contributed by atoms with van der Waals surface area (Å²) in [5, 5.41) is 5.24. The van der Waals surface area contributed by atoms with Crippen LogP contribution in [-0.2, 0) is 9.59 Å². The first kappa shape index (κ1) is 21.4. The van der Waals surface area contributed by atoms with Gasteiger partial charge in [0, 0.05) is 0 Å². The summed E-state index contributed by atoms with van der Waals surface area (Å²) >= 11 is 11.1. The maximum Gasteiger partial charge on any atom is 0.236 e. The van der Waals surface area contributed by atoms with E-state index < -0.39 is 18.0 Å². The van der Waals surface area contributed by atoms with Crippen LogP contribution in [-0.4, -0.2) is 37.3 Å². The minimum atomic E-state index is -0.763. The highest BCUT2D eigenvalue weighted by Gasteiger charge is 2.18. The molecule has 1 aromatic rings. The smallest absolute Gasteiger partial charge is 0.236 e. The third kappa shape index (κ3) is 7.40. The van der Waals surface area contributed by atoms with Gasteiger partial charge in [0.15, 0.2) is 11.5 Å². The zero-order valence-corrected chi connectivity index (χ0v) is 16.0. The van der Waals surface area contributed by atoms with Gasteiger partial charge in [0.25, 0.3) is 0 Å². The summed E-state index contributed by atoms with van der Waals surface area (Å²) < 4.78 is 11.1. The van der Waals surface area contributed by atoms with Crippen molar-refractivity contribution in [2.45, 2.75) is 32.4 Å². The number of carbonyl (C=O) groups excluding carboxylic acids is 2. The van der Waals surface area contributed by atoms with E-state index in [0.717, 1.165) is 19.3 Å². The minimum Gasteiger partial charge on any atom is -0.493 e. The number of halogens is 2. The molecular weight excluding hydrogens is 367 g/mol. The quantitative estimate of drug-likeness (QED) is 0.346. The first-order valence-electron chi connectivity index (χ1n) is 8.07. The third-order valence-corrected chi connectivity index (χ3v) is 3.87. The van der Waals surface area contributed by atoms with Gasteiger partial charge in [-0.15, -0.1) is 23.2 Å². The average molecular weight is 391 g/mol. The van der Waals surface area contributed by atoms with Crippen LogP contribution in [0.4, 0.5) is 0 Å². The Morgan fingerprint density at radius 1 is 1.08 bits per heavy atom. The summed E-state index contributed by atoms with van der Waals surface area (Å²) in [7, 11) is 1.53. The second-order valence-electron chi connectivity index (χ2n) is 5.30. The predicted molar refractivity (Wildman–Crippen MR) is 98.5 cm³/mol. The molecule has 0 spiro atoms. The third-order valence-electron chi connectivity index (χ3n) is 3.38. The van der Waals surface area contributed by atoms with E-state index in [9.17, 15) is 9.59 Å². The van der Waals surface area contributed by atoms with Crippen LogP contribution in [0.15, 0.2) is 18.2 Å². The molecule has 0 aliphatic rings. The molecule has 0 fully saturated rings. The standard InChI is InChI=1S/C17H24Cl2N2O4/c1-3-4-5-8-25-13-7-6-12(9-14(13)24-2)17(20-15(22)10-18)21-16(23)11-19/h6-7,9,17H,3-5,8,10-11H2,1-2H3,(H,20,22)(H,21,23). The van der Waals surface area contributed by atoms with Crippen molar-refractivity contribution in [2.75, 3.05) is 25.5 Å². The number of ether oxygens (including phenoxy) is 2. The molecule has 6 nitrogen and oxygen atoms in total. The van der Waals surface area contributed by atoms with Gasteiger partial charge in [0.2, 0.25) is 11.8 Å². The van der Waals surface area contributed by atoms with Crippen LogP contribution in [0.2, 0.25) is 0 Å². The van der Waals surface area contributed by atoms with E-state index in [4.69, 9.17) is 32.7 Å². The Labute approximate surface area is 158 Å². The van der Waals surface area contributed by atoms with Gasteiger partial charge in [-0.2, -0.15) is 0 Å². The molecule has 0 unspecified atom stereocenters. The molecule has 8 heteroatoms. The molecule has 25 heavy (non-hydrogen) atoms. The highest BCUT2D eigenvalue weighted by atomic mass is 35.5. The van der Waals surface area contributed by atoms with Crippen molar-refractivity contribution in [1.82, 2.24) is 10.6 Å². The fraction of sp³-hybridized carbons (Fsp3) is 0.529. The monoisotopic (exact) mass is 390 g/mol. The van der Waals surface area contributed by atoms with Crippen molar-refractivity contribution in [1.29, 1.82) is 0 Å². The van der Waals surface area contributed by atoms with Crippen molar-refractivity contribution in [3.05, 3.63) is 23.8 Å². The second kappa shape index (κ2) is 11.8. The lowest BCUT2D eigenvalue weighted by atomic mass is 10.1. The Morgan fingerprint density at radius 3 is 2.24 bits per heavy atom. The number of hydrogen-bond donors (Lipinski definition) is 2. The van der Waals surface area contributed by atoms with E-state index in [-0.39, 0.29) is 11.8 Å². The molecule has 140 valence electrons. The molecule has 1 aromatic carbocycles. The zero-order chi connectivity index (χ0) is 18.7. The van der Waals surface area contributed by atoms with Crippen molar-refractivity contribution in [2.24, 2.45) is 0 Å². The molecule has 0 saturated carbocycles. The van der Waals surface area contributed by atoms with E-state index in [1.165, 1.54) is 7.11 Å². The minimum absolute atomic E-state index is 0.219. The van der Waals surface area contributed by atoms with Crippen molar-refractivity contribution < 1.29 is 19.1 Å². The summed E-state index contributed by atoms with van der Waals surface area (Å²) in [5.41, 5.74) is 0.620. The number of alkyl halides is 2. The van der Waals surface area contributed by atoms with E-state index in [0.29, 0.717) is 23.7 Å². The lowest BCUT2D eigenvalue weighted by Gasteiger charge is -2.21. The van der Waals surface area contributed by atoms with Gasteiger partial charge < -0.3 is 20.1 Å². The molecule has 0 radical (unpaired) electrons. The topological polar surface area (TPSA) is 76.7 Å². The fourth-order valence-corrected chi connectivity index (χ4v) is 2.27. The Hall–Kier alpha value is -1.66. The first-order valence-corrected chi connectivity index (χ1v) is 9.14. The van der Waals surface area contributed by atoms with Gasteiger partial charge >= 0.3 is 0 Å². The van der Waals surface area contributed by atoms with Crippen LogP contribution in [0, 0.1) is 0 Å². The summed E-state index contributed by atoms with van der Waals surface area (Å²) in [6.45, 7) is 2.72. The Balaban J connectivity index is 2.93. The van der Waals surface area contributed by atoms with Crippen LogP contribution in [0.3, 0.4) is 0 Å². The Morgan fingerprint density at radius 2 is 1.72 bits per heavy atom. The van der Waals surface area contributed by atoms with E-state index in [2.05, 4.69) is 17.6 Å². The molecule has 2 amide bonds. The van der Waals surface area contributed by atoms with Gasteiger partial charge in [0.05, 0.1) is 13.7 Å². The predicted octanol–water partition coefficient (Wildman–Crippen LogP) is 2.97. The number of carbonyl (C=O) groups is 2. The number of rotatable bonds is 11. The number of hydrogen-bond acceptors (Lipinski definition) is 4. The molecule has 1 rings (SSSR count). The normalized spacial score (nSPS) is 10.4. The molecule has 0 atom stereocenters. The second-order valence-corrected chi connectivity index (χ2v) is 5.84. The van der Waals surface area contributed by atoms with Crippen LogP contribution in [0.25, 0.3) is 0 Å². The fourth-order valence-electron chi connectivity index (χ4n) is 2.12. The van der Waals surface area contributed by atoms with E-state index in [1.807, 2.05) is 0 Å². The molecule has 2 N–H and O–H groups in total. The van der Waals surface area contributed by atoms with Crippen LogP contribution < -0.4 is 20.1 Å². The Bertz CT molecular complexity index is 552. The molecule has 0 bridgehead atoms. The van der Waals surface area contributed by atoms with Crippen LogP contribution in [0.1, 0.15) is 37.9 Å². The summed E-state index contributed by atoms with van der Waals surface area (Å²) in [4.78, 5) is 23.2. The van der Waals surface area contributed by atoms with Crippen LogP contribution >= 0.6 is 23.2 Å². The SMILES string of the molecule is CCCCCOc1ccc(C(NC(=O)CCl)NC(=O)CCl)cc1OC. The molecular formula is C17H24Cl2N2O4. The van der Waals surface area contributed by atoms with Crippen LogP contribution in [0.5, 0.6) is 11.5 Å². The number of methoxy groups -OCH3 is 1. The zero-order valence-electron chi connectivity index (χ0n) is 14.4. The number of nitrogens with one attached hydrogen (secondary N) is 2. The number of unbranched alkanes of at least 4 members (excludes halogenated alkanes) is 2. The molecule has 0 aliphatic carbocycles. The first-order chi connectivity index (χ1) is 12.0. The average Bonchev–Trinajstić information content (AvgIpc) is 2.64. The van der Waals surface area contributed by atoms with Gasteiger partial charge in [-0.3, -0.25) is 9.59 Å².